The molecule has 0 amide bonds. The smallest absolute Gasteiger partial charge is 0.143 e. The van der Waals surface area contributed by atoms with Gasteiger partial charge in [0.05, 0.1) is 28.8 Å². The number of aromatic nitrogens is 3. The second kappa shape index (κ2) is 7.76. The average molecular weight is 386 g/mol. The first-order valence-electron chi connectivity index (χ1n) is 9.53. The molecule has 2 heterocycles. The minimum Gasteiger partial charge on any atom is -0.484 e. The minimum atomic E-state index is -0.177. The maximum atomic E-state index is 9.14. The summed E-state index contributed by atoms with van der Waals surface area (Å²) in [6.45, 7) is 2.16. The van der Waals surface area contributed by atoms with Crippen LogP contribution in [0.25, 0.3) is 0 Å². The zero-order chi connectivity index (χ0) is 20.4. The third-order valence-corrected chi connectivity index (χ3v) is 5.21. The van der Waals surface area contributed by atoms with E-state index in [9.17, 15) is 0 Å². The number of nitrogens with zero attached hydrogens (tertiary/aromatic N) is 4. The number of ether oxygens (including phenoxy) is 1. The molecule has 3 aromatic rings. The van der Waals surface area contributed by atoms with E-state index >= 15 is 0 Å². The van der Waals surface area contributed by atoms with Crippen LogP contribution < -0.4 is 10.1 Å². The Kier molecular flexibility index (Phi) is 5.00. The first-order chi connectivity index (χ1) is 14.1. The Morgan fingerprint density at radius 1 is 1.34 bits per heavy atom. The van der Waals surface area contributed by atoms with E-state index in [1.165, 1.54) is 6.21 Å². The quantitative estimate of drug-likeness (QED) is 0.642. The van der Waals surface area contributed by atoms with Crippen LogP contribution in [0.1, 0.15) is 41.8 Å². The molecule has 0 fully saturated rings. The molecule has 2 N–H and O–H groups in total. The first kappa shape index (κ1) is 18.7. The molecule has 0 aliphatic heterocycles. The first-order valence-corrected chi connectivity index (χ1v) is 9.53. The van der Waals surface area contributed by atoms with E-state index in [1.807, 2.05) is 37.5 Å². The van der Waals surface area contributed by atoms with Gasteiger partial charge in [0.2, 0.25) is 0 Å². The summed E-state index contributed by atoms with van der Waals surface area (Å²) in [6, 6.07) is 9.71. The fourth-order valence-corrected chi connectivity index (χ4v) is 3.65. The van der Waals surface area contributed by atoms with E-state index in [4.69, 9.17) is 15.4 Å². The maximum Gasteiger partial charge on any atom is 0.143 e. The van der Waals surface area contributed by atoms with Crippen LogP contribution in [0.2, 0.25) is 0 Å². The van der Waals surface area contributed by atoms with Crippen LogP contribution >= 0.6 is 0 Å². The van der Waals surface area contributed by atoms with E-state index < -0.39 is 0 Å². The topological polar surface area (TPSA) is 99.6 Å². The van der Waals surface area contributed by atoms with Crippen LogP contribution in [-0.4, -0.2) is 21.0 Å². The second-order valence-corrected chi connectivity index (χ2v) is 7.36. The van der Waals surface area contributed by atoms with Gasteiger partial charge in [-0.05, 0) is 42.5 Å². The predicted octanol–water partition coefficient (Wildman–Crippen LogP) is 4.13. The molecule has 2 atom stereocenters. The normalized spacial score (nSPS) is 17.8. The lowest BCUT2D eigenvalue weighted by molar-refractivity contribution is 0.124. The molecule has 0 unspecified atom stereocenters. The number of benzene rings is 1. The van der Waals surface area contributed by atoms with Gasteiger partial charge in [-0.2, -0.15) is 10.4 Å². The van der Waals surface area contributed by atoms with Crippen LogP contribution in [0.3, 0.4) is 0 Å². The van der Waals surface area contributed by atoms with E-state index in [0.717, 1.165) is 41.0 Å². The lowest BCUT2D eigenvalue weighted by atomic mass is 9.85. The van der Waals surface area contributed by atoms with Gasteiger partial charge < -0.3 is 15.5 Å². The Bertz CT molecular complexity index is 1100. The highest BCUT2D eigenvalue weighted by molar-refractivity contribution is 5.87. The molecular formula is C22H22N6O. The molecule has 0 bridgehead atoms. The number of nitrogens with one attached hydrogen (secondary N) is 2. The average Bonchev–Trinajstić information content (AvgIpc) is 3.14. The van der Waals surface area contributed by atoms with Gasteiger partial charge in [-0.1, -0.05) is 6.92 Å². The van der Waals surface area contributed by atoms with Crippen molar-refractivity contribution in [2.24, 2.45) is 13.0 Å². The minimum absolute atomic E-state index is 0.177. The standard InChI is InChI=1S/C22H22N6O/c1-14-3-4-16-7-15(9-23)11-25-21(16)22(14)29-19-6-5-17(10-24)20(8-19)27-18-12-26-28(2)13-18/h5-8,10-14,22,24,27H,3-4H2,1-2H3/t14-,22+/m1/s1. The van der Waals surface area contributed by atoms with Crippen molar-refractivity contribution in [3.63, 3.8) is 0 Å². The summed E-state index contributed by atoms with van der Waals surface area (Å²) in [5, 5.41) is 24.3. The van der Waals surface area contributed by atoms with Gasteiger partial charge in [0.25, 0.3) is 0 Å². The van der Waals surface area contributed by atoms with Crippen molar-refractivity contribution in [2.45, 2.75) is 25.9 Å². The Morgan fingerprint density at radius 2 is 2.21 bits per heavy atom. The highest BCUT2D eigenvalue weighted by Gasteiger charge is 2.30. The van der Waals surface area contributed by atoms with E-state index in [2.05, 4.69) is 28.4 Å². The summed E-state index contributed by atoms with van der Waals surface area (Å²) in [6.07, 6.45) is 8.23. The highest BCUT2D eigenvalue weighted by atomic mass is 16.5. The fraction of sp³-hybridized carbons (Fsp3) is 0.273. The third kappa shape index (κ3) is 3.83. The molecule has 0 saturated carbocycles. The summed E-state index contributed by atoms with van der Waals surface area (Å²) in [4.78, 5) is 4.53. The number of rotatable bonds is 5. The zero-order valence-electron chi connectivity index (χ0n) is 16.4. The summed E-state index contributed by atoms with van der Waals surface area (Å²) < 4.78 is 8.09. The summed E-state index contributed by atoms with van der Waals surface area (Å²) in [5.74, 6) is 1.01. The molecule has 146 valence electrons. The SMILES string of the molecule is C[C@@H]1CCc2cc(C#N)cnc2[C@H]1Oc1ccc(C=N)c(Nc2cnn(C)c2)c1. The van der Waals surface area contributed by atoms with Crippen molar-refractivity contribution >= 4 is 17.6 Å². The van der Waals surface area contributed by atoms with Crippen molar-refractivity contribution in [2.75, 3.05) is 5.32 Å². The van der Waals surface area contributed by atoms with Gasteiger partial charge in [-0.15, -0.1) is 0 Å². The number of nitriles is 1. The van der Waals surface area contributed by atoms with Crippen molar-refractivity contribution in [3.8, 4) is 11.8 Å². The Hall–Kier alpha value is -3.66. The molecule has 1 aromatic carbocycles. The number of aryl methyl sites for hydroxylation is 2. The molecule has 0 spiro atoms. The van der Waals surface area contributed by atoms with Crippen LogP contribution in [0.15, 0.2) is 42.9 Å². The Labute approximate surface area is 169 Å². The fourth-order valence-electron chi connectivity index (χ4n) is 3.65. The molecule has 0 saturated heterocycles. The summed E-state index contributed by atoms with van der Waals surface area (Å²) in [7, 11) is 1.86. The van der Waals surface area contributed by atoms with Crippen LogP contribution in [0, 0.1) is 22.7 Å². The van der Waals surface area contributed by atoms with E-state index in [1.54, 1.807) is 17.1 Å². The monoisotopic (exact) mass is 386 g/mol. The van der Waals surface area contributed by atoms with Crippen LogP contribution in [0.5, 0.6) is 5.75 Å². The van der Waals surface area contributed by atoms with Crippen molar-refractivity contribution < 1.29 is 4.74 Å². The van der Waals surface area contributed by atoms with Gasteiger partial charge >= 0.3 is 0 Å². The summed E-state index contributed by atoms with van der Waals surface area (Å²) in [5.41, 5.74) is 4.94. The molecule has 0 radical (unpaired) electrons. The largest absolute Gasteiger partial charge is 0.484 e. The molecular weight excluding hydrogens is 364 g/mol. The molecule has 1 aliphatic carbocycles. The number of anilines is 2. The van der Waals surface area contributed by atoms with Gasteiger partial charge in [-0.25, -0.2) is 0 Å². The number of hydrogen-bond donors (Lipinski definition) is 2. The van der Waals surface area contributed by atoms with Gasteiger partial charge in [-0.3, -0.25) is 9.67 Å². The van der Waals surface area contributed by atoms with E-state index in [-0.39, 0.29) is 6.10 Å². The van der Waals surface area contributed by atoms with Gasteiger partial charge in [0.15, 0.2) is 0 Å². The zero-order valence-corrected chi connectivity index (χ0v) is 16.4. The lowest BCUT2D eigenvalue weighted by Gasteiger charge is -2.31. The maximum absolute atomic E-state index is 9.14. The third-order valence-electron chi connectivity index (χ3n) is 5.21. The molecule has 7 heteroatoms. The van der Waals surface area contributed by atoms with Crippen molar-refractivity contribution in [3.05, 3.63) is 65.2 Å². The molecule has 2 aromatic heterocycles. The number of pyridine rings is 1. The highest BCUT2D eigenvalue weighted by Crippen LogP contribution is 2.37. The molecule has 29 heavy (non-hydrogen) atoms. The van der Waals surface area contributed by atoms with E-state index in [0.29, 0.717) is 17.2 Å². The predicted molar refractivity (Wildman–Crippen MR) is 111 cm³/mol. The van der Waals surface area contributed by atoms with Crippen LogP contribution in [-0.2, 0) is 13.5 Å². The van der Waals surface area contributed by atoms with Crippen molar-refractivity contribution in [1.29, 1.82) is 10.7 Å². The lowest BCUT2D eigenvalue weighted by Crippen LogP contribution is -2.24. The second-order valence-electron chi connectivity index (χ2n) is 7.36. The van der Waals surface area contributed by atoms with Gasteiger partial charge in [0.1, 0.15) is 17.9 Å². The molecule has 1 aliphatic rings. The van der Waals surface area contributed by atoms with Crippen LogP contribution in [0.4, 0.5) is 11.4 Å². The number of hydrogen-bond acceptors (Lipinski definition) is 6. The summed E-state index contributed by atoms with van der Waals surface area (Å²) >= 11 is 0. The Balaban J connectivity index is 1.63. The Morgan fingerprint density at radius 3 is 2.93 bits per heavy atom. The molecule has 7 nitrogen and oxygen atoms in total. The van der Waals surface area contributed by atoms with Crippen molar-refractivity contribution in [1.82, 2.24) is 14.8 Å². The molecule has 4 rings (SSSR count). The number of fused-ring (bicyclic) bond motifs is 1. The van der Waals surface area contributed by atoms with Gasteiger partial charge in [0, 0.05) is 37.3 Å².